The maximum atomic E-state index is 13.7. The Morgan fingerprint density at radius 3 is 2.88 bits per heavy atom. The fraction of sp³-hybridized carbons (Fsp3) is 0.273. The van der Waals surface area contributed by atoms with Crippen molar-refractivity contribution in [3.05, 3.63) is 63.7 Å². The van der Waals surface area contributed by atoms with E-state index in [0.717, 1.165) is 16.4 Å². The number of imidazole rings is 1. The molecule has 1 saturated heterocycles. The Hall–Kier alpha value is -3.11. The van der Waals surface area contributed by atoms with Gasteiger partial charge in [0.25, 0.3) is 11.8 Å². The molecule has 1 aliphatic rings. The van der Waals surface area contributed by atoms with Crippen LogP contribution in [-0.4, -0.2) is 50.2 Å². The lowest BCUT2D eigenvalue weighted by Gasteiger charge is -2.40. The highest BCUT2D eigenvalue weighted by molar-refractivity contribution is 7.15. The number of fused-ring (bicyclic) bond motifs is 1. The van der Waals surface area contributed by atoms with E-state index in [9.17, 15) is 14.0 Å². The summed E-state index contributed by atoms with van der Waals surface area (Å²) < 4.78 is 15.5. The number of aryl methyl sites for hydroxylation is 2. The van der Waals surface area contributed by atoms with Crippen molar-refractivity contribution in [2.75, 3.05) is 13.1 Å². The van der Waals surface area contributed by atoms with Crippen molar-refractivity contribution in [3.63, 3.8) is 0 Å². The lowest BCUT2D eigenvalue weighted by atomic mass is 10.0. The molecule has 1 aromatic carbocycles. The molecule has 5 rings (SSSR count). The second kappa shape index (κ2) is 8.10. The molecule has 0 bridgehead atoms. The molecule has 0 aliphatic carbocycles. The molecule has 0 radical (unpaired) electrons. The molecular formula is C22H20FN5O2S2. The number of hydrogen-bond donors (Lipinski definition) is 1. The van der Waals surface area contributed by atoms with Gasteiger partial charge in [0.1, 0.15) is 17.2 Å². The molecule has 1 aliphatic heterocycles. The van der Waals surface area contributed by atoms with Gasteiger partial charge in [-0.3, -0.25) is 14.0 Å². The van der Waals surface area contributed by atoms with Crippen LogP contribution in [0.5, 0.6) is 0 Å². The van der Waals surface area contributed by atoms with Crippen LogP contribution in [-0.2, 0) is 0 Å². The molecule has 7 nitrogen and oxygen atoms in total. The Morgan fingerprint density at radius 1 is 1.28 bits per heavy atom. The number of rotatable bonds is 5. The van der Waals surface area contributed by atoms with Gasteiger partial charge in [-0.05, 0) is 38.0 Å². The highest BCUT2D eigenvalue weighted by Gasteiger charge is 2.35. The lowest BCUT2D eigenvalue weighted by molar-refractivity contribution is 0.0451. The zero-order chi connectivity index (χ0) is 22.4. The third-order valence-electron chi connectivity index (χ3n) is 5.58. The molecule has 4 heterocycles. The standard InChI is InChI=1S/C22H20FN5O2S2/c1-12-18(28-8-9-31-22(28)25-12)20(29)24-11-16-6-7-27(16)21(30)17-19(32-13(2)26-17)14-4-3-5-15(23)10-14/h3-5,8-10,16H,6-7,11H2,1-2H3,(H,24,29)/t16-/m1/s1. The normalized spacial score (nSPS) is 15.7. The number of carbonyl (C=O) groups excluding carboxylic acids is 2. The Kier molecular flexibility index (Phi) is 5.26. The first kappa shape index (κ1) is 20.8. The van der Waals surface area contributed by atoms with Crippen LogP contribution < -0.4 is 5.32 Å². The third-order valence-corrected chi connectivity index (χ3v) is 7.35. The Morgan fingerprint density at radius 2 is 2.12 bits per heavy atom. The quantitative estimate of drug-likeness (QED) is 0.481. The highest BCUT2D eigenvalue weighted by Crippen LogP contribution is 2.33. The monoisotopic (exact) mass is 469 g/mol. The first-order valence-electron chi connectivity index (χ1n) is 10.2. The predicted octanol–water partition coefficient (Wildman–Crippen LogP) is 3.92. The van der Waals surface area contributed by atoms with Crippen LogP contribution in [0, 0.1) is 19.7 Å². The largest absolute Gasteiger partial charge is 0.349 e. The maximum absolute atomic E-state index is 13.7. The van der Waals surface area contributed by atoms with E-state index in [1.165, 1.54) is 34.8 Å². The second-order valence-electron chi connectivity index (χ2n) is 7.67. The van der Waals surface area contributed by atoms with Crippen molar-refractivity contribution in [3.8, 4) is 10.4 Å². The summed E-state index contributed by atoms with van der Waals surface area (Å²) in [7, 11) is 0. The van der Waals surface area contributed by atoms with Gasteiger partial charge in [-0.25, -0.2) is 14.4 Å². The van der Waals surface area contributed by atoms with Gasteiger partial charge in [0.2, 0.25) is 0 Å². The van der Waals surface area contributed by atoms with Gasteiger partial charge in [-0.1, -0.05) is 12.1 Å². The summed E-state index contributed by atoms with van der Waals surface area (Å²) in [4.78, 5) is 38.0. The minimum atomic E-state index is -0.355. The molecule has 32 heavy (non-hydrogen) atoms. The molecule has 0 saturated carbocycles. The topological polar surface area (TPSA) is 79.6 Å². The number of amides is 2. The van der Waals surface area contributed by atoms with Gasteiger partial charge in [-0.2, -0.15) is 0 Å². The molecule has 1 fully saturated rings. The highest BCUT2D eigenvalue weighted by atomic mass is 32.1. The number of likely N-dealkylation sites (tertiary alicyclic amines) is 1. The number of nitrogens with one attached hydrogen (secondary N) is 1. The predicted molar refractivity (Wildman–Crippen MR) is 122 cm³/mol. The van der Waals surface area contributed by atoms with Gasteiger partial charge in [0, 0.05) is 24.7 Å². The van der Waals surface area contributed by atoms with E-state index < -0.39 is 0 Å². The van der Waals surface area contributed by atoms with Crippen molar-refractivity contribution in [2.45, 2.75) is 26.3 Å². The Labute approximate surface area is 191 Å². The van der Waals surface area contributed by atoms with E-state index in [1.807, 2.05) is 25.4 Å². The molecule has 0 unspecified atom stereocenters. The van der Waals surface area contributed by atoms with Crippen molar-refractivity contribution >= 4 is 39.4 Å². The minimum absolute atomic E-state index is 0.111. The Bertz CT molecular complexity index is 1340. The first-order chi connectivity index (χ1) is 15.4. The molecule has 0 spiro atoms. The van der Waals surface area contributed by atoms with Crippen molar-refractivity contribution in [2.24, 2.45) is 0 Å². The van der Waals surface area contributed by atoms with Crippen LogP contribution in [0.4, 0.5) is 4.39 Å². The number of hydrogen-bond acceptors (Lipinski definition) is 6. The molecule has 2 amide bonds. The molecule has 164 valence electrons. The van der Waals surface area contributed by atoms with E-state index in [-0.39, 0.29) is 23.7 Å². The summed E-state index contributed by atoms with van der Waals surface area (Å²) in [6.07, 6.45) is 2.62. The van der Waals surface area contributed by atoms with Crippen molar-refractivity contribution < 1.29 is 14.0 Å². The van der Waals surface area contributed by atoms with Crippen LogP contribution in [0.3, 0.4) is 0 Å². The van der Waals surface area contributed by atoms with E-state index in [1.54, 1.807) is 21.4 Å². The van der Waals surface area contributed by atoms with E-state index >= 15 is 0 Å². The molecule has 3 aromatic heterocycles. The van der Waals surface area contributed by atoms with Gasteiger partial charge < -0.3 is 10.2 Å². The summed E-state index contributed by atoms with van der Waals surface area (Å²) >= 11 is 2.85. The van der Waals surface area contributed by atoms with E-state index in [4.69, 9.17) is 0 Å². The second-order valence-corrected chi connectivity index (χ2v) is 9.75. The lowest BCUT2D eigenvalue weighted by Crippen LogP contribution is -2.56. The van der Waals surface area contributed by atoms with Crippen molar-refractivity contribution in [1.29, 1.82) is 0 Å². The summed E-state index contributed by atoms with van der Waals surface area (Å²) in [6.45, 7) is 4.59. The molecule has 4 aromatic rings. The Balaban J connectivity index is 1.31. The smallest absolute Gasteiger partial charge is 0.274 e. The van der Waals surface area contributed by atoms with Crippen LogP contribution in [0.2, 0.25) is 0 Å². The number of aromatic nitrogens is 3. The van der Waals surface area contributed by atoms with Gasteiger partial charge in [-0.15, -0.1) is 22.7 Å². The average Bonchev–Trinajstić information content (AvgIpc) is 3.41. The van der Waals surface area contributed by atoms with Crippen molar-refractivity contribution in [1.82, 2.24) is 24.6 Å². The third kappa shape index (κ3) is 3.59. The average molecular weight is 470 g/mol. The summed E-state index contributed by atoms with van der Waals surface area (Å²) in [5.41, 5.74) is 2.16. The van der Waals surface area contributed by atoms with Crippen LogP contribution >= 0.6 is 22.7 Å². The SMILES string of the molecule is Cc1nc(C(=O)N2CC[C@@H]2CNC(=O)c2c(C)nc3sccn23)c(-c2cccc(F)c2)s1. The zero-order valence-corrected chi connectivity index (χ0v) is 19.1. The van der Waals surface area contributed by atoms with E-state index in [0.29, 0.717) is 40.6 Å². The number of carbonyl (C=O) groups is 2. The van der Waals surface area contributed by atoms with Gasteiger partial charge in [0.15, 0.2) is 4.96 Å². The molecular weight excluding hydrogens is 449 g/mol. The molecule has 1 atom stereocenters. The van der Waals surface area contributed by atoms with Gasteiger partial charge in [0.05, 0.1) is 21.6 Å². The zero-order valence-electron chi connectivity index (χ0n) is 17.5. The first-order valence-corrected chi connectivity index (χ1v) is 11.9. The number of benzene rings is 1. The number of halogens is 1. The maximum Gasteiger partial charge on any atom is 0.274 e. The summed E-state index contributed by atoms with van der Waals surface area (Å²) in [5, 5.41) is 5.58. The summed E-state index contributed by atoms with van der Waals surface area (Å²) in [5.74, 6) is -0.760. The minimum Gasteiger partial charge on any atom is -0.349 e. The fourth-order valence-electron chi connectivity index (χ4n) is 3.92. The van der Waals surface area contributed by atoms with Crippen LogP contribution in [0.1, 0.15) is 38.1 Å². The van der Waals surface area contributed by atoms with Crippen LogP contribution in [0.15, 0.2) is 35.8 Å². The molecule has 10 heteroatoms. The van der Waals surface area contributed by atoms with E-state index in [2.05, 4.69) is 15.3 Å². The number of thiazole rings is 2. The van der Waals surface area contributed by atoms with Crippen LogP contribution in [0.25, 0.3) is 15.4 Å². The van der Waals surface area contributed by atoms with Gasteiger partial charge >= 0.3 is 0 Å². The summed E-state index contributed by atoms with van der Waals surface area (Å²) in [6, 6.07) is 6.08. The molecule has 1 N–H and O–H groups in total. The number of nitrogens with zero attached hydrogens (tertiary/aromatic N) is 4. The fourth-order valence-corrected chi connectivity index (χ4v) is 5.58.